The van der Waals surface area contributed by atoms with Crippen LogP contribution in [0.1, 0.15) is 11.1 Å². The molecule has 0 amide bonds. The second kappa shape index (κ2) is 10.4. The molecule has 0 saturated carbocycles. The average Bonchev–Trinajstić information content (AvgIpc) is 2.79. The van der Waals surface area contributed by atoms with Gasteiger partial charge in [-0.25, -0.2) is 0 Å². The van der Waals surface area contributed by atoms with Gasteiger partial charge < -0.3 is 14.4 Å². The standard InChI is InChI=1S/C24H22BrIN2O2/c25-20-4-1-18(2-5-20)17-30-24-10-3-19(15-23(24)26)16-27-21-6-8-22(9-7-21)28-11-13-29-14-12-28/h1-10,15-16H,11-14,17H2. The second-order valence-electron chi connectivity index (χ2n) is 6.98. The number of aliphatic imine (C=N–C) groups is 1. The van der Waals surface area contributed by atoms with Crippen molar-refractivity contribution in [3.8, 4) is 5.75 Å². The predicted octanol–water partition coefficient (Wildman–Crippen LogP) is 6.22. The zero-order chi connectivity index (χ0) is 20.8. The van der Waals surface area contributed by atoms with Crippen LogP contribution in [-0.2, 0) is 11.3 Å². The minimum Gasteiger partial charge on any atom is -0.488 e. The predicted molar refractivity (Wildman–Crippen MR) is 134 cm³/mol. The third-order valence-corrected chi connectivity index (χ3v) is 6.22. The summed E-state index contributed by atoms with van der Waals surface area (Å²) in [5.41, 5.74) is 4.35. The van der Waals surface area contributed by atoms with Crippen molar-refractivity contribution in [2.75, 3.05) is 31.2 Å². The van der Waals surface area contributed by atoms with Crippen molar-refractivity contribution < 1.29 is 9.47 Å². The molecule has 1 fully saturated rings. The van der Waals surface area contributed by atoms with Gasteiger partial charge in [-0.3, -0.25) is 4.99 Å². The summed E-state index contributed by atoms with van der Waals surface area (Å²) in [6, 6.07) is 22.7. The van der Waals surface area contributed by atoms with E-state index in [1.165, 1.54) is 5.69 Å². The minimum absolute atomic E-state index is 0.548. The van der Waals surface area contributed by atoms with E-state index in [2.05, 4.69) is 90.9 Å². The summed E-state index contributed by atoms with van der Waals surface area (Å²) in [6.45, 7) is 4.02. The molecule has 1 aliphatic rings. The van der Waals surface area contributed by atoms with Gasteiger partial charge in [0.05, 0.1) is 22.5 Å². The Labute approximate surface area is 199 Å². The highest BCUT2D eigenvalue weighted by Gasteiger charge is 2.10. The molecule has 0 aliphatic carbocycles. The third kappa shape index (κ3) is 5.83. The fourth-order valence-electron chi connectivity index (χ4n) is 3.18. The van der Waals surface area contributed by atoms with E-state index in [9.17, 15) is 0 Å². The first-order chi connectivity index (χ1) is 14.7. The zero-order valence-electron chi connectivity index (χ0n) is 16.4. The fraction of sp³-hybridized carbons (Fsp3) is 0.208. The molecule has 1 heterocycles. The smallest absolute Gasteiger partial charge is 0.133 e. The van der Waals surface area contributed by atoms with Crippen LogP contribution in [0.2, 0.25) is 0 Å². The summed E-state index contributed by atoms with van der Waals surface area (Å²) in [6.07, 6.45) is 1.89. The summed E-state index contributed by atoms with van der Waals surface area (Å²) in [5.74, 6) is 0.880. The summed E-state index contributed by atoms with van der Waals surface area (Å²) < 4.78 is 13.5. The first-order valence-electron chi connectivity index (χ1n) is 9.81. The number of rotatable bonds is 6. The lowest BCUT2D eigenvalue weighted by atomic mass is 10.2. The number of morpholine rings is 1. The van der Waals surface area contributed by atoms with Gasteiger partial charge in [-0.05, 0) is 88.3 Å². The van der Waals surface area contributed by atoms with Crippen molar-refractivity contribution in [3.63, 3.8) is 0 Å². The molecule has 0 unspecified atom stereocenters. The highest BCUT2D eigenvalue weighted by atomic mass is 127. The lowest BCUT2D eigenvalue weighted by molar-refractivity contribution is 0.122. The molecule has 154 valence electrons. The van der Waals surface area contributed by atoms with E-state index in [1.54, 1.807) is 0 Å². The van der Waals surface area contributed by atoms with Crippen LogP contribution in [0.15, 0.2) is 76.2 Å². The van der Waals surface area contributed by atoms with E-state index in [1.807, 2.05) is 30.5 Å². The summed E-state index contributed by atoms with van der Waals surface area (Å²) in [5, 5.41) is 0. The Morgan fingerprint density at radius 2 is 1.73 bits per heavy atom. The molecule has 0 spiro atoms. The van der Waals surface area contributed by atoms with Gasteiger partial charge in [0.2, 0.25) is 0 Å². The molecule has 0 bridgehead atoms. The molecule has 30 heavy (non-hydrogen) atoms. The van der Waals surface area contributed by atoms with Gasteiger partial charge >= 0.3 is 0 Å². The van der Waals surface area contributed by atoms with Gasteiger partial charge in [-0.1, -0.05) is 28.1 Å². The van der Waals surface area contributed by atoms with Crippen molar-refractivity contribution >= 4 is 56.1 Å². The molecule has 4 rings (SSSR count). The average molecular weight is 577 g/mol. The molecule has 3 aromatic rings. The zero-order valence-corrected chi connectivity index (χ0v) is 20.2. The van der Waals surface area contributed by atoms with Crippen LogP contribution in [0.5, 0.6) is 5.75 Å². The molecule has 0 aromatic heterocycles. The van der Waals surface area contributed by atoms with E-state index in [4.69, 9.17) is 9.47 Å². The Bertz CT molecular complexity index is 1000. The minimum atomic E-state index is 0.548. The van der Waals surface area contributed by atoms with Gasteiger partial charge in [0, 0.05) is 29.5 Å². The summed E-state index contributed by atoms with van der Waals surface area (Å²) in [7, 11) is 0. The van der Waals surface area contributed by atoms with Crippen LogP contribution in [0.4, 0.5) is 11.4 Å². The van der Waals surface area contributed by atoms with Gasteiger partial charge in [0.1, 0.15) is 12.4 Å². The number of hydrogen-bond acceptors (Lipinski definition) is 4. The maximum atomic E-state index is 5.97. The Kier molecular flexibility index (Phi) is 7.41. The van der Waals surface area contributed by atoms with Gasteiger partial charge in [-0.2, -0.15) is 0 Å². The highest BCUT2D eigenvalue weighted by Crippen LogP contribution is 2.24. The number of anilines is 1. The molecule has 0 N–H and O–H groups in total. The Hall–Kier alpha value is -1.90. The molecule has 6 heteroatoms. The van der Waals surface area contributed by atoms with E-state index in [0.717, 1.165) is 56.9 Å². The number of hydrogen-bond donors (Lipinski definition) is 0. The van der Waals surface area contributed by atoms with Crippen LogP contribution < -0.4 is 9.64 Å². The van der Waals surface area contributed by atoms with E-state index in [0.29, 0.717) is 6.61 Å². The molecular formula is C24H22BrIN2O2. The molecular weight excluding hydrogens is 555 g/mol. The Balaban J connectivity index is 1.36. The number of halogens is 2. The van der Waals surface area contributed by atoms with Gasteiger partial charge in [0.25, 0.3) is 0 Å². The summed E-state index contributed by atoms with van der Waals surface area (Å²) >= 11 is 5.76. The fourth-order valence-corrected chi connectivity index (χ4v) is 4.14. The molecule has 0 atom stereocenters. The Morgan fingerprint density at radius 1 is 1.00 bits per heavy atom. The largest absolute Gasteiger partial charge is 0.488 e. The van der Waals surface area contributed by atoms with E-state index in [-0.39, 0.29) is 0 Å². The van der Waals surface area contributed by atoms with Crippen molar-refractivity contribution in [2.24, 2.45) is 4.99 Å². The molecule has 1 aliphatic heterocycles. The van der Waals surface area contributed by atoms with E-state index >= 15 is 0 Å². The van der Waals surface area contributed by atoms with Crippen LogP contribution in [-0.4, -0.2) is 32.5 Å². The first-order valence-corrected chi connectivity index (χ1v) is 11.7. The van der Waals surface area contributed by atoms with Gasteiger partial charge in [-0.15, -0.1) is 0 Å². The van der Waals surface area contributed by atoms with Crippen LogP contribution in [0.25, 0.3) is 0 Å². The third-order valence-electron chi connectivity index (χ3n) is 4.85. The lowest BCUT2D eigenvalue weighted by Crippen LogP contribution is -2.36. The normalized spacial score (nSPS) is 14.3. The molecule has 4 nitrogen and oxygen atoms in total. The van der Waals surface area contributed by atoms with Crippen LogP contribution in [0, 0.1) is 3.57 Å². The number of ether oxygens (including phenoxy) is 2. The SMILES string of the molecule is Brc1ccc(COc2ccc(C=Nc3ccc(N4CCOCC4)cc3)cc2I)cc1. The Morgan fingerprint density at radius 3 is 2.43 bits per heavy atom. The first kappa shape index (κ1) is 21.3. The van der Waals surface area contributed by atoms with Crippen molar-refractivity contribution in [2.45, 2.75) is 6.61 Å². The monoisotopic (exact) mass is 576 g/mol. The molecule has 1 saturated heterocycles. The van der Waals surface area contributed by atoms with Crippen molar-refractivity contribution in [1.29, 1.82) is 0 Å². The maximum absolute atomic E-state index is 5.97. The molecule has 0 radical (unpaired) electrons. The van der Waals surface area contributed by atoms with Crippen molar-refractivity contribution in [3.05, 3.63) is 85.9 Å². The van der Waals surface area contributed by atoms with Crippen molar-refractivity contribution in [1.82, 2.24) is 0 Å². The van der Waals surface area contributed by atoms with Crippen LogP contribution >= 0.6 is 38.5 Å². The number of nitrogens with zero attached hydrogens (tertiary/aromatic N) is 2. The lowest BCUT2D eigenvalue weighted by Gasteiger charge is -2.28. The second-order valence-corrected chi connectivity index (χ2v) is 9.06. The number of benzene rings is 3. The summed E-state index contributed by atoms with van der Waals surface area (Å²) in [4.78, 5) is 6.96. The molecule has 3 aromatic carbocycles. The van der Waals surface area contributed by atoms with Crippen LogP contribution in [0.3, 0.4) is 0 Å². The maximum Gasteiger partial charge on any atom is 0.133 e. The topological polar surface area (TPSA) is 34.1 Å². The van der Waals surface area contributed by atoms with E-state index < -0.39 is 0 Å². The highest BCUT2D eigenvalue weighted by molar-refractivity contribution is 14.1. The quantitative estimate of drug-likeness (QED) is 0.258. The van der Waals surface area contributed by atoms with Gasteiger partial charge in [0.15, 0.2) is 0 Å².